The first-order valence-electron chi connectivity index (χ1n) is 12.7. The van der Waals surface area contributed by atoms with E-state index in [1.807, 2.05) is 56.6 Å². The van der Waals surface area contributed by atoms with Gasteiger partial charge < -0.3 is 14.0 Å². The molecule has 0 saturated heterocycles. The van der Waals surface area contributed by atoms with Crippen LogP contribution >= 0.6 is 11.3 Å². The zero-order valence-electron chi connectivity index (χ0n) is 21.9. The van der Waals surface area contributed by atoms with Crippen molar-refractivity contribution in [1.29, 1.82) is 0 Å². The molecule has 7 heteroatoms. The Balaban J connectivity index is 1.45. The quantitative estimate of drug-likeness (QED) is 0.185. The van der Waals surface area contributed by atoms with Crippen LogP contribution in [-0.4, -0.2) is 27.1 Å². The molecule has 0 bridgehead atoms. The van der Waals surface area contributed by atoms with Crippen LogP contribution in [0.1, 0.15) is 37.7 Å². The van der Waals surface area contributed by atoms with Gasteiger partial charge in [-0.25, -0.2) is 4.98 Å². The van der Waals surface area contributed by atoms with Gasteiger partial charge in [-0.1, -0.05) is 30.3 Å². The molecule has 0 spiro atoms. The molecule has 0 fully saturated rings. The largest absolute Gasteiger partial charge is 0.487 e. The smallest absolute Gasteiger partial charge is 0.311 e. The molecule has 2 aromatic carbocycles. The zero-order chi connectivity index (χ0) is 26.5. The molecule has 3 aromatic heterocycles. The van der Waals surface area contributed by atoms with Crippen molar-refractivity contribution in [3.63, 3.8) is 0 Å². The fourth-order valence-electron chi connectivity index (χ4n) is 4.52. The van der Waals surface area contributed by atoms with Gasteiger partial charge in [-0.3, -0.25) is 9.78 Å². The van der Waals surface area contributed by atoms with Crippen molar-refractivity contribution in [3.8, 4) is 16.3 Å². The molecule has 0 aliphatic heterocycles. The fraction of sp³-hybridized carbons (Fsp3) is 0.258. The van der Waals surface area contributed by atoms with Crippen LogP contribution in [0.25, 0.3) is 21.5 Å². The number of nitrogens with zero attached hydrogens (tertiary/aromatic N) is 3. The number of benzene rings is 2. The van der Waals surface area contributed by atoms with Crippen molar-refractivity contribution in [2.24, 2.45) is 5.41 Å². The monoisotopic (exact) mass is 525 g/mol. The van der Waals surface area contributed by atoms with Crippen LogP contribution in [0, 0.1) is 5.41 Å². The number of pyridine rings is 1. The van der Waals surface area contributed by atoms with E-state index in [1.54, 1.807) is 17.5 Å². The molecule has 0 aliphatic rings. The minimum atomic E-state index is -0.658. The first kappa shape index (κ1) is 25.7. The van der Waals surface area contributed by atoms with Crippen LogP contribution in [0.4, 0.5) is 0 Å². The molecule has 0 saturated carbocycles. The molecule has 0 amide bonds. The number of hydrogen-bond donors (Lipinski definition) is 0. The minimum absolute atomic E-state index is 0.191. The first-order chi connectivity index (χ1) is 18.4. The SMILES string of the molecule is CCOC(=O)C(C)(C)Cc1cc2cc(OCc3ccccn3)ccc2n1Cc1ccc(-c2nccs2)cc1. The Hall–Kier alpha value is -3.97. The van der Waals surface area contributed by atoms with Crippen molar-refractivity contribution in [1.82, 2.24) is 14.5 Å². The highest BCUT2D eigenvalue weighted by atomic mass is 32.1. The summed E-state index contributed by atoms with van der Waals surface area (Å²) in [6.45, 7) is 7.18. The number of carbonyl (C=O) groups is 1. The Bertz CT molecular complexity index is 1510. The molecule has 3 heterocycles. The summed E-state index contributed by atoms with van der Waals surface area (Å²) in [7, 11) is 0. The molecule has 6 nitrogen and oxygen atoms in total. The average Bonchev–Trinajstić information content (AvgIpc) is 3.57. The lowest BCUT2D eigenvalue weighted by atomic mass is 9.88. The standard InChI is InChI=1S/C31H31N3O3S/c1-4-36-30(35)31(2,3)19-26-17-24-18-27(37-21-25-7-5-6-14-32-25)12-13-28(24)34(26)20-22-8-10-23(11-9-22)29-33-15-16-38-29/h5-18H,4,19-21H2,1-3H3. The van der Waals surface area contributed by atoms with Gasteiger partial charge >= 0.3 is 5.97 Å². The van der Waals surface area contributed by atoms with Crippen molar-refractivity contribution >= 4 is 28.2 Å². The minimum Gasteiger partial charge on any atom is -0.487 e. The van der Waals surface area contributed by atoms with E-state index < -0.39 is 5.41 Å². The Morgan fingerprint density at radius 3 is 2.55 bits per heavy atom. The summed E-state index contributed by atoms with van der Waals surface area (Å²) >= 11 is 1.63. The lowest BCUT2D eigenvalue weighted by molar-refractivity contribution is -0.153. The van der Waals surface area contributed by atoms with Crippen molar-refractivity contribution in [2.75, 3.05) is 6.61 Å². The number of ether oxygens (including phenoxy) is 2. The van der Waals surface area contributed by atoms with E-state index in [0.717, 1.165) is 38.6 Å². The number of fused-ring (bicyclic) bond motifs is 1. The highest BCUT2D eigenvalue weighted by Crippen LogP contribution is 2.31. The maximum absolute atomic E-state index is 12.7. The van der Waals surface area contributed by atoms with Crippen LogP contribution in [0.2, 0.25) is 0 Å². The van der Waals surface area contributed by atoms with Crippen molar-refractivity contribution < 1.29 is 14.3 Å². The number of aromatic nitrogens is 3. The third-order valence-electron chi connectivity index (χ3n) is 6.50. The van der Waals surface area contributed by atoms with Crippen LogP contribution < -0.4 is 4.74 Å². The maximum Gasteiger partial charge on any atom is 0.311 e. The lowest BCUT2D eigenvalue weighted by Gasteiger charge is -2.23. The number of thiazole rings is 1. The Morgan fingerprint density at radius 1 is 1.00 bits per heavy atom. The van der Waals surface area contributed by atoms with E-state index in [4.69, 9.17) is 9.47 Å². The van der Waals surface area contributed by atoms with Gasteiger partial charge in [-0.15, -0.1) is 11.3 Å². The molecule has 194 valence electrons. The third-order valence-corrected chi connectivity index (χ3v) is 7.32. The van der Waals surface area contributed by atoms with Gasteiger partial charge in [0.1, 0.15) is 17.4 Å². The van der Waals surface area contributed by atoms with E-state index in [2.05, 4.69) is 57.0 Å². The second-order valence-corrected chi connectivity index (χ2v) is 10.8. The summed E-state index contributed by atoms with van der Waals surface area (Å²) < 4.78 is 13.7. The fourth-order valence-corrected chi connectivity index (χ4v) is 5.17. The summed E-state index contributed by atoms with van der Waals surface area (Å²) in [5.41, 5.74) is 4.67. The van der Waals surface area contributed by atoms with E-state index in [0.29, 0.717) is 26.2 Å². The van der Waals surface area contributed by atoms with Gasteiger partial charge in [0, 0.05) is 52.9 Å². The Kier molecular flexibility index (Phi) is 7.56. The van der Waals surface area contributed by atoms with Crippen LogP contribution in [-0.2, 0) is 29.1 Å². The second-order valence-electron chi connectivity index (χ2n) is 9.87. The van der Waals surface area contributed by atoms with Crippen molar-refractivity contribution in [3.05, 3.63) is 101 Å². The molecule has 0 atom stereocenters. The van der Waals surface area contributed by atoms with Crippen LogP contribution in [0.15, 0.2) is 84.5 Å². The first-order valence-corrected chi connectivity index (χ1v) is 13.6. The van der Waals surface area contributed by atoms with Gasteiger partial charge in [0.25, 0.3) is 0 Å². The highest BCUT2D eigenvalue weighted by molar-refractivity contribution is 7.13. The topological polar surface area (TPSA) is 66.2 Å². The molecule has 0 radical (unpaired) electrons. The number of carbonyl (C=O) groups excluding carboxylic acids is 1. The zero-order valence-corrected chi connectivity index (χ0v) is 22.7. The molecule has 0 unspecified atom stereocenters. The molecule has 5 aromatic rings. The lowest BCUT2D eigenvalue weighted by Crippen LogP contribution is -2.30. The number of hydrogen-bond acceptors (Lipinski definition) is 6. The van der Waals surface area contributed by atoms with Crippen LogP contribution in [0.3, 0.4) is 0 Å². The van der Waals surface area contributed by atoms with Crippen LogP contribution in [0.5, 0.6) is 5.75 Å². The summed E-state index contributed by atoms with van der Waals surface area (Å²) in [6, 6.07) is 22.6. The molecule has 0 aliphatic carbocycles. The summed E-state index contributed by atoms with van der Waals surface area (Å²) in [6.07, 6.45) is 4.15. The highest BCUT2D eigenvalue weighted by Gasteiger charge is 2.31. The average molecular weight is 526 g/mol. The van der Waals surface area contributed by atoms with E-state index in [1.165, 1.54) is 5.56 Å². The van der Waals surface area contributed by atoms with Gasteiger partial charge in [-0.2, -0.15) is 0 Å². The summed E-state index contributed by atoms with van der Waals surface area (Å²) in [5, 5.41) is 4.07. The van der Waals surface area contributed by atoms with E-state index >= 15 is 0 Å². The van der Waals surface area contributed by atoms with E-state index in [-0.39, 0.29) is 5.97 Å². The number of esters is 1. The predicted octanol–water partition coefficient (Wildman–Crippen LogP) is 6.92. The summed E-state index contributed by atoms with van der Waals surface area (Å²) in [5.74, 6) is 0.591. The van der Waals surface area contributed by atoms with Gasteiger partial charge in [-0.05, 0) is 62.7 Å². The molecular formula is C31H31N3O3S. The normalized spacial score (nSPS) is 11.6. The van der Waals surface area contributed by atoms with Gasteiger partial charge in [0.2, 0.25) is 0 Å². The molecule has 0 N–H and O–H groups in total. The Morgan fingerprint density at radius 2 is 1.84 bits per heavy atom. The molecule has 38 heavy (non-hydrogen) atoms. The van der Waals surface area contributed by atoms with Crippen molar-refractivity contribution in [2.45, 2.75) is 40.3 Å². The second kappa shape index (κ2) is 11.2. The molecular weight excluding hydrogens is 494 g/mol. The maximum atomic E-state index is 12.7. The molecule has 5 rings (SSSR count). The van der Waals surface area contributed by atoms with Gasteiger partial charge in [0.15, 0.2) is 0 Å². The number of rotatable bonds is 10. The Labute approximate surface area is 226 Å². The predicted molar refractivity (Wildman–Crippen MR) is 151 cm³/mol. The third kappa shape index (κ3) is 5.78. The summed E-state index contributed by atoms with van der Waals surface area (Å²) in [4.78, 5) is 21.5. The van der Waals surface area contributed by atoms with E-state index in [9.17, 15) is 4.79 Å². The van der Waals surface area contributed by atoms with Gasteiger partial charge in [0.05, 0.1) is 17.7 Å².